The maximum absolute atomic E-state index is 12.3. The van der Waals surface area contributed by atoms with Crippen LogP contribution >= 0.6 is 11.6 Å². The van der Waals surface area contributed by atoms with Crippen LogP contribution in [0.15, 0.2) is 66.7 Å². The molecule has 0 radical (unpaired) electrons. The zero-order valence-corrected chi connectivity index (χ0v) is 15.6. The Bertz CT molecular complexity index is 1100. The van der Waals surface area contributed by atoms with Crippen molar-refractivity contribution >= 4 is 34.8 Å². The van der Waals surface area contributed by atoms with E-state index in [0.717, 1.165) is 6.07 Å². The summed E-state index contributed by atoms with van der Waals surface area (Å²) in [6.07, 6.45) is 0. The molecule has 0 aliphatic heterocycles. The van der Waals surface area contributed by atoms with Gasteiger partial charge in [0.15, 0.2) is 0 Å². The Kier molecular flexibility index (Phi) is 5.75. The highest BCUT2D eigenvalue weighted by atomic mass is 35.5. The molecule has 29 heavy (non-hydrogen) atoms. The molecule has 0 fully saturated rings. The first-order valence-corrected chi connectivity index (χ1v) is 8.65. The van der Waals surface area contributed by atoms with Gasteiger partial charge < -0.3 is 15.8 Å². The summed E-state index contributed by atoms with van der Waals surface area (Å²) in [6, 6.07) is 16.6. The lowest BCUT2D eigenvalue weighted by Crippen LogP contribution is -2.12. The number of ether oxygens (including phenoxy) is 1. The molecule has 0 aliphatic rings. The molecule has 0 aliphatic carbocycles. The highest BCUT2D eigenvalue weighted by molar-refractivity contribution is 6.34. The van der Waals surface area contributed by atoms with Crippen molar-refractivity contribution in [3.05, 3.63) is 93.0 Å². The SMILES string of the molecule is NC(=O)c1ccc(Oc2ccc(NC(=O)c3ccccc3Cl)cc2)c([N+](=O)[O-])c1. The number of rotatable bonds is 6. The third-order valence-electron chi connectivity index (χ3n) is 3.90. The Morgan fingerprint density at radius 3 is 2.34 bits per heavy atom. The van der Waals surface area contributed by atoms with Crippen molar-refractivity contribution in [1.29, 1.82) is 0 Å². The van der Waals surface area contributed by atoms with Gasteiger partial charge in [0.1, 0.15) is 5.75 Å². The minimum absolute atomic E-state index is 0.00156. The summed E-state index contributed by atoms with van der Waals surface area (Å²) in [4.78, 5) is 34.1. The summed E-state index contributed by atoms with van der Waals surface area (Å²) in [5.74, 6) is -0.899. The number of benzene rings is 3. The van der Waals surface area contributed by atoms with E-state index in [-0.39, 0.29) is 17.2 Å². The summed E-state index contributed by atoms with van der Waals surface area (Å²) in [5, 5.41) is 14.3. The summed E-state index contributed by atoms with van der Waals surface area (Å²) >= 11 is 6.01. The fourth-order valence-electron chi connectivity index (χ4n) is 2.48. The molecule has 0 spiro atoms. The minimum atomic E-state index is -0.779. The van der Waals surface area contributed by atoms with Crippen LogP contribution in [0, 0.1) is 10.1 Å². The number of primary amides is 1. The van der Waals surface area contributed by atoms with Gasteiger partial charge in [0.2, 0.25) is 11.7 Å². The van der Waals surface area contributed by atoms with E-state index < -0.39 is 16.5 Å². The largest absolute Gasteiger partial charge is 0.450 e. The van der Waals surface area contributed by atoms with Crippen LogP contribution in [0.4, 0.5) is 11.4 Å². The van der Waals surface area contributed by atoms with E-state index in [1.165, 1.54) is 24.3 Å². The molecule has 0 unspecified atom stereocenters. The molecule has 146 valence electrons. The molecule has 3 aromatic rings. The Labute approximate surface area is 170 Å². The van der Waals surface area contributed by atoms with Crippen molar-refractivity contribution < 1.29 is 19.2 Å². The van der Waals surface area contributed by atoms with Crippen LogP contribution in [0.1, 0.15) is 20.7 Å². The number of hydrogen-bond donors (Lipinski definition) is 2. The zero-order chi connectivity index (χ0) is 21.0. The number of carbonyl (C=O) groups excluding carboxylic acids is 2. The van der Waals surface area contributed by atoms with Gasteiger partial charge in [-0.15, -0.1) is 0 Å². The van der Waals surface area contributed by atoms with Crippen molar-refractivity contribution in [2.45, 2.75) is 0 Å². The Balaban J connectivity index is 1.76. The van der Waals surface area contributed by atoms with Gasteiger partial charge in [0.25, 0.3) is 5.91 Å². The lowest BCUT2D eigenvalue weighted by molar-refractivity contribution is -0.385. The molecule has 3 N–H and O–H groups in total. The second-order valence-corrected chi connectivity index (χ2v) is 6.27. The first-order valence-electron chi connectivity index (χ1n) is 8.27. The first-order chi connectivity index (χ1) is 13.8. The van der Waals surface area contributed by atoms with Crippen molar-refractivity contribution in [3.8, 4) is 11.5 Å². The van der Waals surface area contributed by atoms with E-state index in [4.69, 9.17) is 22.1 Å². The Morgan fingerprint density at radius 2 is 1.72 bits per heavy atom. The van der Waals surface area contributed by atoms with Crippen LogP contribution in [-0.2, 0) is 0 Å². The maximum Gasteiger partial charge on any atom is 0.312 e. The van der Waals surface area contributed by atoms with Crippen LogP contribution in [0.5, 0.6) is 11.5 Å². The number of anilines is 1. The zero-order valence-electron chi connectivity index (χ0n) is 14.8. The lowest BCUT2D eigenvalue weighted by Gasteiger charge is -2.09. The highest BCUT2D eigenvalue weighted by Gasteiger charge is 2.18. The Morgan fingerprint density at radius 1 is 1.03 bits per heavy atom. The van der Waals surface area contributed by atoms with E-state index in [2.05, 4.69) is 5.32 Å². The summed E-state index contributed by atoms with van der Waals surface area (Å²) in [7, 11) is 0. The third kappa shape index (κ3) is 4.69. The number of hydrogen-bond acceptors (Lipinski definition) is 5. The van der Waals surface area contributed by atoms with Crippen LogP contribution < -0.4 is 15.8 Å². The number of nitrogens with two attached hydrogens (primary N) is 1. The van der Waals surface area contributed by atoms with Crippen LogP contribution in [0.25, 0.3) is 0 Å². The van der Waals surface area contributed by atoms with Crippen molar-refractivity contribution in [2.24, 2.45) is 5.73 Å². The van der Waals surface area contributed by atoms with E-state index in [1.807, 2.05) is 0 Å². The van der Waals surface area contributed by atoms with Gasteiger partial charge in [0, 0.05) is 17.3 Å². The molecular weight excluding hydrogens is 398 g/mol. The standard InChI is InChI=1S/C20H14ClN3O5/c21-16-4-2-1-3-15(16)20(26)23-13-6-8-14(9-7-13)29-18-10-5-12(19(22)25)11-17(18)24(27)28/h1-11H,(H2,22,25)(H,23,26). The molecule has 0 atom stereocenters. The monoisotopic (exact) mass is 411 g/mol. The number of nitrogens with zero attached hydrogens (tertiary/aromatic N) is 1. The minimum Gasteiger partial charge on any atom is -0.450 e. The van der Waals surface area contributed by atoms with Crippen molar-refractivity contribution in [2.75, 3.05) is 5.32 Å². The topological polar surface area (TPSA) is 125 Å². The first kappa shape index (κ1) is 19.8. The molecule has 0 heterocycles. The molecule has 9 heteroatoms. The molecule has 0 aromatic heterocycles. The molecule has 3 rings (SSSR count). The molecule has 0 saturated heterocycles. The molecule has 0 saturated carbocycles. The number of nitro benzene ring substituents is 1. The molecular formula is C20H14ClN3O5. The molecule has 2 amide bonds. The van der Waals surface area contributed by atoms with Gasteiger partial charge in [-0.05, 0) is 48.5 Å². The number of nitrogens with one attached hydrogen (secondary N) is 1. The predicted molar refractivity (Wildman–Crippen MR) is 108 cm³/mol. The fraction of sp³-hybridized carbons (Fsp3) is 0. The molecule has 8 nitrogen and oxygen atoms in total. The fourth-order valence-corrected chi connectivity index (χ4v) is 2.70. The quantitative estimate of drug-likeness (QED) is 0.459. The number of halogens is 1. The van der Waals surface area contributed by atoms with Crippen LogP contribution in [0.2, 0.25) is 5.02 Å². The second-order valence-electron chi connectivity index (χ2n) is 5.86. The summed E-state index contributed by atoms with van der Waals surface area (Å²) < 4.78 is 5.54. The van der Waals surface area contributed by atoms with Crippen LogP contribution in [-0.4, -0.2) is 16.7 Å². The molecule has 3 aromatic carbocycles. The Hall–Kier alpha value is -3.91. The smallest absolute Gasteiger partial charge is 0.312 e. The van der Waals surface area contributed by atoms with Gasteiger partial charge in [-0.3, -0.25) is 19.7 Å². The number of amides is 2. The molecule has 0 bridgehead atoms. The number of carbonyl (C=O) groups is 2. The third-order valence-corrected chi connectivity index (χ3v) is 4.23. The van der Waals surface area contributed by atoms with Gasteiger partial charge >= 0.3 is 5.69 Å². The van der Waals surface area contributed by atoms with E-state index >= 15 is 0 Å². The van der Waals surface area contributed by atoms with Crippen molar-refractivity contribution in [1.82, 2.24) is 0 Å². The second kappa shape index (κ2) is 8.41. The lowest BCUT2D eigenvalue weighted by atomic mass is 10.2. The van der Waals surface area contributed by atoms with Gasteiger partial charge in [-0.25, -0.2) is 0 Å². The number of nitro groups is 1. The van der Waals surface area contributed by atoms with E-state index in [9.17, 15) is 19.7 Å². The van der Waals surface area contributed by atoms with E-state index in [0.29, 0.717) is 22.0 Å². The summed E-state index contributed by atoms with van der Waals surface area (Å²) in [5.41, 5.74) is 5.58. The van der Waals surface area contributed by atoms with E-state index in [1.54, 1.807) is 36.4 Å². The van der Waals surface area contributed by atoms with Crippen molar-refractivity contribution in [3.63, 3.8) is 0 Å². The maximum atomic E-state index is 12.3. The van der Waals surface area contributed by atoms with Crippen LogP contribution in [0.3, 0.4) is 0 Å². The van der Waals surface area contributed by atoms with Gasteiger partial charge in [-0.1, -0.05) is 23.7 Å². The normalized spacial score (nSPS) is 10.2. The predicted octanol–water partition coefficient (Wildman–Crippen LogP) is 4.39. The average molecular weight is 412 g/mol. The highest BCUT2D eigenvalue weighted by Crippen LogP contribution is 2.32. The van der Waals surface area contributed by atoms with Gasteiger partial charge in [0.05, 0.1) is 15.5 Å². The summed E-state index contributed by atoms with van der Waals surface area (Å²) in [6.45, 7) is 0. The average Bonchev–Trinajstić information content (AvgIpc) is 2.69. The van der Waals surface area contributed by atoms with Gasteiger partial charge in [-0.2, -0.15) is 0 Å².